The third kappa shape index (κ3) is 3.81. The van der Waals surface area contributed by atoms with Crippen molar-refractivity contribution in [3.63, 3.8) is 0 Å². The van der Waals surface area contributed by atoms with Crippen molar-refractivity contribution in [2.24, 2.45) is 0 Å². The van der Waals surface area contributed by atoms with Gasteiger partial charge in [-0.15, -0.1) is 0 Å². The molecule has 1 aromatic carbocycles. The van der Waals surface area contributed by atoms with Crippen LogP contribution in [0.5, 0.6) is 0 Å². The monoisotopic (exact) mass is 288 g/mol. The lowest BCUT2D eigenvalue weighted by Crippen LogP contribution is -2.13. The second-order valence-electron chi connectivity index (χ2n) is 2.71. The van der Waals surface area contributed by atoms with Crippen molar-refractivity contribution >= 4 is 40.1 Å². The molecule has 0 fully saturated rings. The van der Waals surface area contributed by atoms with E-state index in [1.165, 1.54) is 18.2 Å². The zero-order valence-electron chi connectivity index (χ0n) is 7.59. The van der Waals surface area contributed by atoms with E-state index in [4.69, 9.17) is 23.2 Å². The zero-order chi connectivity index (χ0) is 12.3. The second-order valence-corrected chi connectivity index (χ2v) is 4.89. The summed E-state index contributed by atoms with van der Waals surface area (Å²) >= 11 is 11.3. The third-order valence-electron chi connectivity index (χ3n) is 1.56. The first-order chi connectivity index (χ1) is 7.30. The van der Waals surface area contributed by atoms with E-state index in [-0.39, 0.29) is 5.02 Å². The normalized spacial score (nSPS) is 14.3. The molecule has 0 saturated heterocycles. The number of alkyl halides is 3. The molecule has 1 unspecified atom stereocenters. The Morgan fingerprint density at radius 1 is 1.25 bits per heavy atom. The van der Waals surface area contributed by atoms with Crippen molar-refractivity contribution in [2.75, 3.05) is 0 Å². The van der Waals surface area contributed by atoms with Crippen LogP contribution in [-0.2, 0) is 10.8 Å². The average molecular weight is 289 g/mol. The van der Waals surface area contributed by atoms with Crippen LogP contribution in [0.4, 0.5) is 13.2 Å². The van der Waals surface area contributed by atoms with Gasteiger partial charge < -0.3 is 0 Å². The van der Waals surface area contributed by atoms with E-state index in [2.05, 4.69) is 0 Å². The minimum Gasteiger partial charge on any atom is -0.246 e. The largest absolute Gasteiger partial charge is 0.475 e. The Kier molecular flexibility index (Phi) is 4.41. The first-order valence-electron chi connectivity index (χ1n) is 3.91. The fourth-order valence-corrected chi connectivity index (χ4v) is 1.74. The third-order valence-corrected chi connectivity index (χ3v) is 2.96. The van der Waals surface area contributed by atoms with Crippen LogP contribution in [0.15, 0.2) is 23.6 Å². The van der Waals surface area contributed by atoms with Gasteiger partial charge in [-0.1, -0.05) is 29.3 Å². The van der Waals surface area contributed by atoms with Crippen LogP contribution < -0.4 is 0 Å². The Bertz CT molecular complexity index is 443. The van der Waals surface area contributed by atoms with E-state index in [0.717, 1.165) is 6.08 Å². The molecule has 0 spiro atoms. The molecule has 0 aliphatic carbocycles. The highest BCUT2D eigenvalue weighted by Crippen LogP contribution is 2.24. The smallest absolute Gasteiger partial charge is 0.246 e. The van der Waals surface area contributed by atoms with Crippen molar-refractivity contribution in [1.29, 1.82) is 0 Å². The fourth-order valence-electron chi connectivity index (χ4n) is 0.849. The minimum atomic E-state index is -4.75. The number of halogens is 5. The minimum absolute atomic E-state index is 0.197. The quantitative estimate of drug-likeness (QED) is 0.796. The maximum absolute atomic E-state index is 11.9. The van der Waals surface area contributed by atoms with Crippen molar-refractivity contribution < 1.29 is 17.4 Å². The number of rotatable bonds is 2. The molecular formula is C9H5Cl2F3OS. The van der Waals surface area contributed by atoms with E-state index in [9.17, 15) is 17.4 Å². The van der Waals surface area contributed by atoms with Crippen LogP contribution in [0, 0.1) is 0 Å². The number of hydrogen-bond acceptors (Lipinski definition) is 1. The molecule has 1 atom stereocenters. The molecule has 0 amide bonds. The van der Waals surface area contributed by atoms with Crippen LogP contribution in [0.25, 0.3) is 6.08 Å². The Hall–Kier alpha value is -0.520. The maximum atomic E-state index is 11.9. The van der Waals surface area contributed by atoms with Crippen LogP contribution in [0.1, 0.15) is 5.56 Å². The lowest BCUT2D eigenvalue weighted by Gasteiger charge is -2.01. The zero-order valence-corrected chi connectivity index (χ0v) is 9.92. The van der Waals surface area contributed by atoms with Crippen molar-refractivity contribution in [1.82, 2.24) is 0 Å². The molecule has 1 aromatic rings. The van der Waals surface area contributed by atoms with Crippen LogP contribution in [-0.4, -0.2) is 9.72 Å². The van der Waals surface area contributed by atoms with Gasteiger partial charge >= 0.3 is 5.51 Å². The van der Waals surface area contributed by atoms with E-state index >= 15 is 0 Å². The highest BCUT2D eigenvalue weighted by Gasteiger charge is 2.34. The van der Waals surface area contributed by atoms with Gasteiger partial charge in [-0.25, -0.2) is 4.21 Å². The summed E-state index contributed by atoms with van der Waals surface area (Å²) in [5.74, 6) is 0. The SMILES string of the molecule is O=S(/C=C/c1ccc(Cl)cc1Cl)C(F)(F)F. The summed E-state index contributed by atoms with van der Waals surface area (Å²) in [6, 6.07) is 4.30. The van der Waals surface area contributed by atoms with Gasteiger partial charge in [0.25, 0.3) is 0 Å². The standard InChI is InChI=1S/C9H5Cl2F3OS/c10-7-2-1-6(8(11)5-7)3-4-16(15)9(12,13)14/h1-5H/b4-3+. The maximum Gasteiger partial charge on any atom is 0.475 e. The van der Waals surface area contributed by atoms with E-state index in [1.807, 2.05) is 0 Å². The molecule has 0 aliphatic heterocycles. The summed E-state index contributed by atoms with van der Waals surface area (Å²) < 4.78 is 46.4. The molecule has 16 heavy (non-hydrogen) atoms. The van der Waals surface area contributed by atoms with Gasteiger partial charge in [-0.05, 0) is 23.8 Å². The molecule has 0 heterocycles. The van der Waals surface area contributed by atoms with Gasteiger partial charge in [0, 0.05) is 15.5 Å². The number of hydrogen-bond donors (Lipinski definition) is 0. The molecule has 88 valence electrons. The summed E-state index contributed by atoms with van der Waals surface area (Å²) in [5, 5.41) is 1.11. The number of benzene rings is 1. The predicted molar refractivity (Wildman–Crippen MR) is 59.7 cm³/mol. The summed E-state index contributed by atoms with van der Waals surface area (Å²) in [5.41, 5.74) is -4.43. The lowest BCUT2D eigenvalue weighted by molar-refractivity contribution is -0.0374. The second kappa shape index (κ2) is 5.21. The molecule has 0 bridgehead atoms. The summed E-state index contributed by atoms with van der Waals surface area (Å²) in [4.78, 5) is 0. The molecule has 0 aromatic heterocycles. The Morgan fingerprint density at radius 2 is 1.88 bits per heavy atom. The van der Waals surface area contributed by atoms with Crippen LogP contribution in [0.3, 0.4) is 0 Å². The predicted octanol–water partition coefficient (Wildman–Crippen LogP) is 4.23. The van der Waals surface area contributed by atoms with Crippen molar-refractivity contribution in [2.45, 2.75) is 5.51 Å². The summed E-state index contributed by atoms with van der Waals surface area (Å²) in [7, 11) is -3.02. The van der Waals surface area contributed by atoms with Crippen molar-refractivity contribution in [3.05, 3.63) is 39.2 Å². The summed E-state index contributed by atoms with van der Waals surface area (Å²) in [6.45, 7) is 0. The van der Waals surface area contributed by atoms with Gasteiger partial charge in [0.05, 0.1) is 0 Å². The van der Waals surface area contributed by atoms with Gasteiger partial charge in [0.2, 0.25) is 0 Å². The molecule has 7 heteroatoms. The Morgan fingerprint density at radius 3 is 2.38 bits per heavy atom. The lowest BCUT2D eigenvalue weighted by atomic mass is 10.2. The first kappa shape index (κ1) is 13.5. The average Bonchev–Trinajstić information content (AvgIpc) is 2.14. The van der Waals surface area contributed by atoms with Gasteiger partial charge in [0.15, 0.2) is 10.8 Å². The van der Waals surface area contributed by atoms with E-state index in [0.29, 0.717) is 16.0 Å². The molecule has 1 rings (SSSR count). The van der Waals surface area contributed by atoms with E-state index in [1.54, 1.807) is 0 Å². The molecular weight excluding hydrogens is 284 g/mol. The van der Waals surface area contributed by atoms with E-state index < -0.39 is 16.3 Å². The molecule has 1 nitrogen and oxygen atoms in total. The fraction of sp³-hybridized carbons (Fsp3) is 0.111. The van der Waals surface area contributed by atoms with Crippen molar-refractivity contribution in [3.8, 4) is 0 Å². The van der Waals surface area contributed by atoms with Gasteiger partial charge in [-0.2, -0.15) is 13.2 Å². The molecule has 0 saturated carbocycles. The van der Waals surface area contributed by atoms with Crippen LogP contribution >= 0.6 is 23.2 Å². The summed E-state index contributed by atoms with van der Waals surface area (Å²) in [6.07, 6.45) is 1.04. The molecule has 0 radical (unpaired) electrons. The first-order valence-corrected chi connectivity index (χ1v) is 5.88. The molecule has 0 aliphatic rings. The van der Waals surface area contributed by atoms with Gasteiger partial charge in [-0.3, -0.25) is 0 Å². The topological polar surface area (TPSA) is 17.1 Å². The van der Waals surface area contributed by atoms with Crippen LogP contribution in [0.2, 0.25) is 10.0 Å². The highest BCUT2D eigenvalue weighted by atomic mass is 35.5. The van der Waals surface area contributed by atoms with Gasteiger partial charge in [0.1, 0.15) is 0 Å². The Labute approximate surface area is 102 Å². The molecule has 0 N–H and O–H groups in total. The highest BCUT2D eigenvalue weighted by molar-refractivity contribution is 7.89. The Balaban J connectivity index is 2.89.